The maximum absolute atomic E-state index is 9.46. The SMILES string of the molecule is C[C@@H](O)Cn1ccnc1-c1ccc(N(C)C)cc1.O=CO. The minimum absolute atomic E-state index is 0.250. The van der Waals surface area contributed by atoms with Crippen LogP contribution >= 0.6 is 0 Å². The molecule has 0 amide bonds. The van der Waals surface area contributed by atoms with E-state index in [-0.39, 0.29) is 12.6 Å². The maximum Gasteiger partial charge on any atom is 0.290 e. The molecule has 1 atom stereocenters. The molecule has 6 nitrogen and oxygen atoms in total. The lowest BCUT2D eigenvalue weighted by atomic mass is 10.2. The van der Waals surface area contributed by atoms with Gasteiger partial charge in [-0.05, 0) is 31.2 Å². The first kappa shape index (κ1) is 16.7. The molecule has 0 radical (unpaired) electrons. The summed E-state index contributed by atoms with van der Waals surface area (Å²) in [5.41, 5.74) is 2.22. The molecule has 1 heterocycles. The first-order chi connectivity index (χ1) is 9.99. The fourth-order valence-corrected chi connectivity index (χ4v) is 1.91. The zero-order chi connectivity index (χ0) is 15.8. The van der Waals surface area contributed by atoms with Gasteiger partial charge in [-0.3, -0.25) is 4.79 Å². The van der Waals surface area contributed by atoms with Crippen molar-refractivity contribution in [1.29, 1.82) is 0 Å². The largest absolute Gasteiger partial charge is 0.483 e. The summed E-state index contributed by atoms with van der Waals surface area (Å²) >= 11 is 0. The highest BCUT2D eigenvalue weighted by molar-refractivity contribution is 5.60. The third-order valence-electron chi connectivity index (χ3n) is 2.82. The number of imidazole rings is 1. The van der Waals surface area contributed by atoms with E-state index in [1.807, 2.05) is 24.9 Å². The Kier molecular flexibility index (Phi) is 6.42. The molecule has 0 aliphatic rings. The molecule has 0 bridgehead atoms. The van der Waals surface area contributed by atoms with Crippen molar-refractivity contribution in [3.05, 3.63) is 36.7 Å². The Labute approximate surface area is 124 Å². The zero-order valence-electron chi connectivity index (χ0n) is 12.5. The Morgan fingerprint density at radius 1 is 1.33 bits per heavy atom. The molecule has 114 valence electrons. The van der Waals surface area contributed by atoms with Crippen LogP contribution in [-0.2, 0) is 11.3 Å². The highest BCUT2D eigenvalue weighted by atomic mass is 16.3. The topological polar surface area (TPSA) is 78.6 Å². The molecule has 21 heavy (non-hydrogen) atoms. The van der Waals surface area contributed by atoms with Crippen LogP contribution in [-0.4, -0.2) is 46.4 Å². The van der Waals surface area contributed by atoms with E-state index in [4.69, 9.17) is 9.90 Å². The van der Waals surface area contributed by atoms with Gasteiger partial charge in [0.25, 0.3) is 6.47 Å². The molecule has 1 aromatic carbocycles. The number of aliphatic hydroxyl groups is 1. The number of nitrogens with zero attached hydrogens (tertiary/aromatic N) is 3. The van der Waals surface area contributed by atoms with Crippen LogP contribution in [0, 0.1) is 0 Å². The Morgan fingerprint density at radius 3 is 2.38 bits per heavy atom. The number of hydrogen-bond acceptors (Lipinski definition) is 4. The summed E-state index contributed by atoms with van der Waals surface area (Å²) in [6.07, 6.45) is 3.28. The van der Waals surface area contributed by atoms with Gasteiger partial charge in [0.05, 0.1) is 6.10 Å². The number of rotatable bonds is 4. The first-order valence-corrected chi connectivity index (χ1v) is 6.54. The summed E-state index contributed by atoms with van der Waals surface area (Å²) in [7, 11) is 4.03. The van der Waals surface area contributed by atoms with Gasteiger partial charge in [0.2, 0.25) is 0 Å². The van der Waals surface area contributed by atoms with Crippen molar-refractivity contribution in [1.82, 2.24) is 9.55 Å². The van der Waals surface area contributed by atoms with Gasteiger partial charge in [-0.1, -0.05) is 0 Å². The molecule has 0 aliphatic heterocycles. The van der Waals surface area contributed by atoms with Crippen LogP contribution < -0.4 is 4.90 Å². The third-order valence-corrected chi connectivity index (χ3v) is 2.82. The molecule has 6 heteroatoms. The monoisotopic (exact) mass is 291 g/mol. The van der Waals surface area contributed by atoms with Crippen molar-refractivity contribution in [2.24, 2.45) is 0 Å². The molecule has 2 rings (SSSR count). The van der Waals surface area contributed by atoms with Crippen LogP contribution in [0.1, 0.15) is 6.92 Å². The van der Waals surface area contributed by atoms with Crippen LogP contribution in [0.4, 0.5) is 5.69 Å². The van der Waals surface area contributed by atoms with Crippen LogP contribution in [0.25, 0.3) is 11.4 Å². The minimum Gasteiger partial charge on any atom is -0.483 e. The lowest BCUT2D eigenvalue weighted by Crippen LogP contribution is -2.12. The van der Waals surface area contributed by atoms with Gasteiger partial charge in [0, 0.05) is 44.3 Å². The average Bonchev–Trinajstić information content (AvgIpc) is 2.87. The van der Waals surface area contributed by atoms with Gasteiger partial charge < -0.3 is 19.7 Å². The number of anilines is 1. The minimum atomic E-state index is -0.376. The lowest BCUT2D eigenvalue weighted by Gasteiger charge is -2.13. The van der Waals surface area contributed by atoms with E-state index < -0.39 is 0 Å². The highest BCUT2D eigenvalue weighted by Crippen LogP contribution is 2.21. The Hall–Kier alpha value is -2.34. The average molecular weight is 291 g/mol. The van der Waals surface area contributed by atoms with Crippen molar-refractivity contribution in [3.8, 4) is 11.4 Å². The molecule has 0 unspecified atom stereocenters. The van der Waals surface area contributed by atoms with Crippen LogP contribution in [0.2, 0.25) is 0 Å². The molecular weight excluding hydrogens is 270 g/mol. The molecule has 2 aromatic rings. The first-order valence-electron chi connectivity index (χ1n) is 6.54. The van der Waals surface area contributed by atoms with Crippen molar-refractivity contribution in [2.75, 3.05) is 19.0 Å². The van der Waals surface area contributed by atoms with Crippen molar-refractivity contribution in [2.45, 2.75) is 19.6 Å². The number of carbonyl (C=O) groups is 1. The van der Waals surface area contributed by atoms with Gasteiger partial charge in [0.1, 0.15) is 5.82 Å². The molecule has 0 spiro atoms. The molecular formula is C15H21N3O3. The number of hydrogen-bond donors (Lipinski definition) is 2. The number of aromatic nitrogens is 2. The van der Waals surface area contributed by atoms with E-state index in [1.54, 1.807) is 13.1 Å². The van der Waals surface area contributed by atoms with Crippen molar-refractivity contribution >= 4 is 12.2 Å². The normalized spacial score (nSPS) is 11.2. The van der Waals surface area contributed by atoms with Crippen LogP contribution in [0.3, 0.4) is 0 Å². The number of carboxylic acid groups (broad SMARTS) is 1. The predicted octanol–water partition coefficient (Wildman–Crippen LogP) is 1.70. The van der Waals surface area contributed by atoms with Crippen LogP contribution in [0.15, 0.2) is 36.7 Å². The third kappa shape index (κ3) is 4.92. The molecule has 0 aliphatic carbocycles. The molecule has 2 N–H and O–H groups in total. The molecule has 0 fully saturated rings. The second kappa shape index (κ2) is 8.06. The summed E-state index contributed by atoms with van der Waals surface area (Å²) in [6, 6.07) is 8.24. The number of aliphatic hydroxyl groups excluding tert-OH is 1. The fraction of sp³-hybridized carbons (Fsp3) is 0.333. The molecule has 0 saturated heterocycles. The second-order valence-electron chi connectivity index (χ2n) is 4.80. The lowest BCUT2D eigenvalue weighted by molar-refractivity contribution is -0.122. The molecule has 1 aromatic heterocycles. The van der Waals surface area contributed by atoms with E-state index in [0.29, 0.717) is 6.54 Å². The van der Waals surface area contributed by atoms with E-state index >= 15 is 0 Å². The van der Waals surface area contributed by atoms with Gasteiger partial charge >= 0.3 is 0 Å². The van der Waals surface area contributed by atoms with Crippen LogP contribution in [0.5, 0.6) is 0 Å². The fourth-order valence-electron chi connectivity index (χ4n) is 1.91. The standard InChI is InChI=1S/C14H19N3O.CH2O2/c1-11(18)10-17-9-8-15-14(17)12-4-6-13(7-5-12)16(2)3;2-1-3/h4-9,11,18H,10H2,1-3H3;1H,(H,2,3)/t11-;/m1./s1. The summed E-state index contributed by atoms with van der Waals surface area (Å²) in [6.45, 7) is 2.09. The van der Waals surface area contributed by atoms with Gasteiger partial charge in [-0.25, -0.2) is 4.98 Å². The van der Waals surface area contributed by atoms with Crippen molar-refractivity contribution in [3.63, 3.8) is 0 Å². The summed E-state index contributed by atoms with van der Waals surface area (Å²) in [5, 5.41) is 16.3. The number of benzene rings is 1. The summed E-state index contributed by atoms with van der Waals surface area (Å²) in [4.78, 5) is 14.8. The second-order valence-corrected chi connectivity index (χ2v) is 4.80. The van der Waals surface area contributed by atoms with Crippen molar-refractivity contribution < 1.29 is 15.0 Å². The smallest absolute Gasteiger partial charge is 0.290 e. The Balaban J connectivity index is 0.000000677. The molecule has 0 saturated carbocycles. The Bertz CT molecular complexity index is 548. The van der Waals surface area contributed by atoms with E-state index in [0.717, 1.165) is 17.1 Å². The van der Waals surface area contributed by atoms with Gasteiger partial charge in [-0.2, -0.15) is 0 Å². The predicted molar refractivity (Wildman–Crippen MR) is 82.4 cm³/mol. The maximum atomic E-state index is 9.46. The summed E-state index contributed by atoms with van der Waals surface area (Å²) in [5.74, 6) is 0.890. The van der Waals surface area contributed by atoms with E-state index in [9.17, 15) is 5.11 Å². The van der Waals surface area contributed by atoms with Gasteiger partial charge in [0.15, 0.2) is 0 Å². The van der Waals surface area contributed by atoms with Gasteiger partial charge in [-0.15, -0.1) is 0 Å². The highest BCUT2D eigenvalue weighted by Gasteiger charge is 2.07. The quantitative estimate of drug-likeness (QED) is 0.838. The Morgan fingerprint density at radius 2 is 1.90 bits per heavy atom. The van der Waals surface area contributed by atoms with E-state index in [1.165, 1.54) is 0 Å². The summed E-state index contributed by atoms with van der Waals surface area (Å²) < 4.78 is 1.97. The zero-order valence-corrected chi connectivity index (χ0v) is 12.5. The van der Waals surface area contributed by atoms with E-state index in [2.05, 4.69) is 34.1 Å².